The third kappa shape index (κ3) is 3.35. The molecule has 0 unspecified atom stereocenters. The molecule has 5 heteroatoms. The second-order valence-electron chi connectivity index (χ2n) is 4.85. The lowest BCUT2D eigenvalue weighted by Crippen LogP contribution is -2.31. The Labute approximate surface area is 115 Å². The summed E-state index contributed by atoms with van der Waals surface area (Å²) in [5.41, 5.74) is 0.862. The maximum absolute atomic E-state index is 12.6. The molecule has 106 valence electrons. The van der Waals surface area contributed by atoms with Gasteiger partial charge in [-0.1, -0.05) is 32.0 Å². The standard InChI is InChI=1S/C14H22N2O2S/c1-3-16(4-2)19(17,18)14-8-6-5-7-12(14)11-15-13-9-10-13/h5-8,13,15H,3-4,9-11H2,1-2H3. The van der Waals surface area contributed by atoms with Gasteiger partial charge in [-0.15, -0.1) is 0 Å². The molecule has 0 amide bonds. The molecule has 0 heterocycles. The number of benzene rings is 1. The van der Waals surface area contributed by atoms with Gasteiger partial charge >= 0.3 is 0 Å². The molecule has 1 aromatic rings. The molecule has 0 atom stereocenters. The maximum Gasteiger partial charge on any atom is 0.243 e. The third-order valence-corrected chi connectivity index (χ3v) is 5.60. The quantitative estimate of drug-likeness (QED) is 0.832. The van der Waals surface area contributed by atoms with E-state index in [9.17, 15) is 8.42 Å². The molecule has 0 radical (unpaired) electrons. The summed E-state index contributed by atoms with van der Waals surface area (Å²) in [7, 11) is -3.37. The van der Waals surface area contributed by atoms with Crippen LogP contribution in [0.5, 0.6) is 0 Å². The summed E-state index contributed by atoms with van der Waals surface area (Å²) >= 11 is 0. The first-order valence-corrected chi connectivity index (χ1v) is 8.35. The second-order valence-corrected chi connectivity index (χ2v) is 6.76. The Morgan fingerprint density at radius 1 is 1.21 bits per heavy atom. The van der Waals surface area contributed by atoms with Crippen molar-refractivity contribution in [2.24, 2.45) is 0 Å². The van der Waals surface area contributed by atoms with Crippen LogP contribution < -0.4 is 5.32 Å². The third-order valence-electron chi connectivity index (χ3n) is 3.45. The minimum Gasteiger partial charge on any atom is -0.310 e. The van der Waals surface area contributed by atoms with E-state index in [4.69, 9.17) is 0 Å². The van der Waals surface area contributed by atoms with E-state index < -0.39 is 10.0 Å². The van der Waals surface area contributed by atoms with E-state index >= 15 is 0 Å². The lowest BCUT2D eigenvalue weighted by molar-refractivity contribution is 0.444. The summed E-state index contributed by atoms with van der Waals surface area (Å²) in [6.45, 7) is 5.37. The SMILES string of the molecule is CCN(CC)S(=O)(=O)c1ccccc1CNC1CC1. The summed E-state index contributed by atoms with van der Waals surface area (Å²) in [4.78, 5) is 0.437. The Morgan fingerprint density at radius 2 is 1.84 bits per heavy atom. The molecular weight excluding hydrogens is 260 g/mol. The van der Waals surface area contributed by atoms with Crippen molar-refractivity contribution in [3.8, 4) is 0 Å². The molecule has 2 rings (SSSR count). The Bertz CT molecular complexity index is 520. The highest BCUT2D eigenvalue weighted by Crippen LogP contribution is 2.23. The minimum absolute atomic E-state index is 0.437. The van der Waals surface area contributed by atoms with Crippen molar-refractivity contribution in [2.45, 2.75) is 44.2 Å². The van der Waals surface area contributed by atoms with Crippen LogP contribution in [-0.2, 0) is 16.6 Å². The van der Waals surface area contributed by atoms with E-state index in [2.05, 4.69) is 5.32 Å². The summed E-state index contributed by atoms with van der Waals surface area (Å²) in [6, 6.07) is 7.86. The number of hydrogen-bond acceptors (Lipinski definition) is 3. The normalized spacial score (nSPS) is 15.9. The van der Waals surface area contributed by atoms with Gasteiger partial charge in [-0.25, -0.2) is 8.42 Å². The van der Waals surface area contributed by atoms with Crippen LogP contribution in [0, 0.1) is 0 Å². The molecule has 0 saturated heterocycles. The first-order valence-electron chi connectivity index (χ1n) is 6.91. The Kier molecular flexibility index (Phi) is 4.60. The first kappa shape index (κ1) is 14.5. The summed E-state index contributed by atoms with van der Waals surface area (Å²) in [5, 5.41) is 3.38. The van der Waals surface area contributed by atoms with Gasteiger partial charge in [-0.2, -0.15) is 4.31 Å². The molecule has 1 aliphatic rings. The highest BCUT2D eigenvalue weighted by molar-refractivity contribution is 7.89. The van der Waals surface area contributed by atoms with Gasteiger partial charge in [0.15, 0.2) is 0 Å². The van der Waals surface area contributed by atoms with Crippen molar-refractivity contribution < 1.29 is 8.42 Å². The smallest absolute Gasteiger partial charge is 0.243 e. The van der Waals surface area contributed by atoms with Crippen molar-refractivity contribution in [3.05, 3.63) is 29.8 Å². The summed E-state index contributed by atoms with van der Waals surface area (Å²) in [5.74, 6) is 0. The zero-order chi connectivity index (χ0) is 13.9. The van der Waals surface area contributed by atoms with E-state index in [1.54, 1.807) is 12.1 Å². The van der Waals surface area contributed by atoms with Gasteiger partial charge in [0.1, 0.15) is 0 Å². The van der Waals surface area contributed by atoms with Gasteiger partial charge in [0.25, 0.3) is 0 Å². The molecule has 0 spiro atoms. The molecule has 0 aromatic heterocycles. The van der Waals surface area contributed by atoms with Gasteiger partial charge in [0.05, 0.1) is 4.90 Å². The van der Waals surface area contributed by atoms with Crippen LogP contribution in [0.2, 0.25) is 0 Å². The van der Waals surface area contributed by atoms with E-state index in [0.29, 0.717) is 30.6 Å². The molecule has 1 N–H and O–H groups in total. The van der Waals surface area contributed by atoms with E-state index in [1.807, 2.05) is 26.0 Å². The van der Waals surface area contributed by atoms with Crippen LogP contribution in [0.3, 0.4) is 0 Å². The lowest BCUT2D eigenvalue weighted by atomic mass is 10.2. The fourth-order valence-corrected chi connectivity index (χ4v) is 3.83. The average Bonchev–Trinajstić information content (AvgIpc) is 3.22. The van der Waals surface area contributed by atoms with Crippen LogP contribution in [0.1, 0.15) is 32.3 Å². The van der Waals surface area contributed by atoms with Crippen LogP contribution in [-0.4, -0.2) is 31.9 Å². The molecule has 0 aliphatic heterocycles. The number of rotatable bonds is 7. The first-order chi connectivity index (χ1) is 9.09. The Hall–Kier alpha value is -0.910. The van der Waals surface area contributed by atoms with E-state index in [1.165, 1.54) is 17.1 Å². The molecule has 0 bridgehead atoms. The predicted molar refractivity (Wildman–Crippen MR) is 76.4 cm³/mol. The van der Waals surface area contributed by atoms with Gasteiger partial charge in [-0.05, 0) is 24.5 Å². The summed E-state index contributed by atoms with van der Waals surface area (Å²) in [6.07, 6.45) is 2.40. The van der Waals surface area contributed by atoms with E-state index in [-0.39, 0.29) is 0 Å². The highest BCUT2D eigenvalue weighted by Gasteiger charge is 2.25. The second kappa shape index (κ2) is 6.03. The van der Waals surface area contributed by atoms with Gasteiger partial charge < -0.3 is 5.32 Å². The number of hydrogen-bond donors (Lipinski definition) is 1. The van der Waals surface area contributed by atoms with Gasteiger partial charge in [0.2, 0.25) is 10.0 Å². The lowest BCUT2D eigenvalue weighted by Gasteiger charge is -2.20. The number of nitrogens with one attached hydrogen (secondary N) is 1. The molecule has 1 aromatic carbocycles. The maximum atomic E-state index is 12.6. The Balaban J connectivity index is 2.26. The fourth-order valence-electron chi connectivity index (χ4n) is 2.15. The van der Waals surface area contributed by atoms with Crippen LogP contribution in [0.4, 0.5) is 0 Å². The number of nitrogens with zero attached hydrogens (tertiary/aromatic N) is 1. The topological polar surface area (TPSA) is 49.4 Å². The summed E-state index contributed by atoms with van der Waals surface area (Å²) < 4.78 is 26.7. The zero-order valence-electron chi connectivity index (χ0n) is 11.6. The molecule has 19 heavy (non-hydrogen) atoms. The Morgan fingerprint density at radius 3 is 2.42 bits per heavy atom. The predicted octanol–water partition coefficient (Wildman–Crippen LogP) is 1.97. The van der Waals surface area contributed by atoms with Crippen molar-refractivity contribution in [1.82, 2.24) is 9.62 Å². The fraction of sp³-hybridized carbons (Fsp3) is 0.571. The van der Waals surface area contributed by atoms with Crippen LogP contribution in [0.15, 0.2) is 29.2 Å². The van der Waals surface area contributed by atoms with Crippen molar-refractivity contribution in [3.63, 3.8) is 0 Å². The molecule has 1 saturated carbocycles. The highest BCUT2D eigenvalue weighted by atomic mass is 32.2. The molecule has 1 aliphatic carbocycles. The molecule has 1 fully saturated rings. The van der Waals surface area contributed by atoms with Gasteiger partial charge in [-0.3, -0.25) is 0 Å². The molecular formula is C14H22N2O2S. The molecule has 4 nitrogen and oxygen atoms in total. The van der Waals surface area contributed by atoms with Gasteiger partial charge in [0, 0.05) is 25.7 Å². The zero-order valence-corrected chi connectivity index (χ0v) is 12.4. The van der Waals surface area contributed by atoms with Crippen molar-refractivity contribution in [2.75, 3.05) is 13.1 Å². The van der Waals surface area contributed by atoms with E-state index in [0.717, 1.165) is 5.56 Å². The minimum atomic E-state index is -3.37. The average molecular weight is 282 g/mol. The largest absolute Gasteiger partial charge is 0.310 e. The number of sulfonamides is 1. The van der Waals surface area contributed by atoms with Crippen molar-refractivity contribution >= 4 is 10.0 Å². The van der Waals surface area contributed by atoms with Crippen molar-refractivity contribution in [1.29, 1.82) is 0 Å². The van der Waals surface area contributed by atoms with Crippen LogP contribution >= 0.6 is 0 Å². The van der Waals surface area contributed by atoms with Crippen LogP contribution in [0.25, 0.3) is 0 Å². The monoisotopic (exact) mass is 282 g/mol.